The molecule has 1 atom stereocenters. The maximum atomic E-state index is 12.4. The summed E-state index contributed by atoms with van der Waals surface area (Å²) in [5, 5.41) is 15.1. The van der Waals surface area contributed by atoms with Crippen LogP contribution in [0.1, 0.15) is 22.8 Å². The van der Waals surface area contributed by atoms with Gasteiger partial charge in [-0.25, -0.2) is 0 Å². The van der Waals surface area contributed by atoms with Gasteiger partial charge >= 0.3 is 0 Å². The van der Waals surface area contributed by atoms with Gasteiger partial charge in [0.1, 0.15) is 5.54 Å². The van der Waals surface area contributed by atoms with Crippen molar-refractivity contribution in [2.75, 3.05) is 0 Å². The summed E-state index contributed by atoms with van der Waals surface area (Å²) in [6, 6.07) is 15.8. The smallest absolute Gasteiger partial charge is 0.252 e. The molecule has 0 aliphatic heterocycles. The van der Waals surface area contributed by atoms with E-state index in [9.17, 15) is 14.7 Å². The van der Waals surface area contributed by atoms with Gasteiger partial charge in [0.15, 0.2) is 0 Å². The predicted molar refractivity (Wildman–Crippen MR) is 84.6 cm³/mol. The maximum Gasteiger partial charge on any atom is 0.252 e. The Morgan fingerprint density at radius 2 is 1.70 bits per heavy atom. The van der Waals surface area contributed by atoms with Crippen molar-refractivity contribution < 1.29 is 14.7 Å². The van der Waals surface area contributed by atoms with E-state index in [1.165, 1.54) is 6.92 Å². The van der Waals surface area contributed by atoms with Gasteiger partial charge in [-0.2, -0.15) is 0 Å². The zero-order chi connectivity index (χ0) is 16.4. The zero-order valence-electron chi connectivity index (χ0n) is 12.5. The van der Waals surface area contributed by atoms with Gasteiger partial charge in [-0.15, -0.1) is 0 Å². The van der Waals surface area contributed by atoms with Crippen molar-refractivity contribution in [3.05, 3.63) is 71.9 Å². The van der Waals surface area contributed by atoms with Crippen molar-refractivity contribution in [3.63, 3.8) is 0 Å². The molecule has 1 heterocycles. The molecule has 0 aliphatic carbocycles. The number of carboxylic acid groups (broad SMARTS) is 1. The molecule has 1 unspecified atom stereocenters. The standard InChI is InChI=1S/C18H16N2O3/c1-18(17(22)23,20-16(21)12-7-3-2-4-8-12)14-11-19-15-10-6-5-9-13(14)15/h2-11,19H,1H3,(H,20,21)(H,22,23)/p-1. The third-order valence-corrected chi connectivity index (χ3v) is 3.94. The molecule has 5 heteroatoms. The summed E-state index contributed by atoms with van der Waals surface area (Å²) in [6.45, 7) is 1.43. The minimum Gasteiger partial charge on any atom is -0.547 e. The number of carbonyl (C=O) groups excluding carboxylic acids is 2. The Morgan fingerprint density at radius 3 is 2.39 bits per heavy atom. The van der Waals surface area contributed by atoms with Crippen LogP contribution in [0.5, 0.6) is 0 Å². The zero-order valence-corrected chi connectivity index (χ0v) is 12.5. The first-order chi connectivity index (χ1) is 11.0. The van der Waals surface area contributed by atoms with E-state index in [4.69, 9.17) is 0 Å². The van der Waals surface area contributed by atoms with E-state index >= 15 is 0 Å². The van der Waals surface area contributed by atoms with E-state index in [0.717, 1.165) is 10.9 Å². The average Bonchev–Trinajstić information content (AvgIpc) is 3.00. The van der Waals surface area contributed by atoms with Crippen LogP contribution in [0.4, 0.5) is 0 Å². The molecule has 0 fully saturated rings. The molecular weight excluding hydrogens is 292 g/mol. The molecular formula is C18H15N2O3-. The Balaban J connectivity index is 2.03. The summed E-state index contributed by atoms with van der Waals surface area (Å²) >= 11 is 0. The Morgan fingerprint density at radius 1 is 1.04 bits per heavy atom. The molecule has 2 aromatic carbocycles. The molecule has 0 spiro atoms. The number of para-hydroxylation sites is 1. The van der Waals surface area contributed by atoms with Crippen LogP contribution in [0.15, 0.2) is 60.8 Å². The molecule has 0 bridgehead atoms. The quantitative estimate of drug-likeness (QED) is 0.767. The molecule has 2 N–H and O–H groups in total. The van der Waals surface area contributed by atoms with Crippen molar-refractivity contribution in [1.29, 1.82) is 0 Å². The summed E-state index contributed by atoms with van der Waals surface area (Å²) in [4.78, 5) is 27.2. The number of fused-ring (bicyclic) bond motifs is 1. The van der Waals surface area contributed by atoms with Crippen LogP contribution in [-0.4, -0.2) is 16.9 Å². The van der Waals surface area contributed by atoms with Crippen molar-refractivity contribution in [2.45, 2.75) is 12.5 Å². The van der Waals surface area contributed by atoms with Crippen molar-refractivity contribution in [2.24, 2.45) is 0 Å². The van der Waals surface area contributed by atoms with E-state index in [1.54, 1.807) is 42.6 Å². The highest BCUT2D eigenvalue weighted by molar-refractivity contribution is 5.99. The Kier molecular flexibility index (Phi) is 3.62. The number of H-pyrrole nitrogens is 1. The van der Waals surface area contributed by atoms with Crippen LogP contribution in [0.25, 0.3) is 10.9 Å². The topological polar surface area (TPSA) is 85.0 Å². The molecule has 1 aromatic heterocycles. The second kappa shape index (κ2) is 5.61. The van der Waals surface area contributed by atoms with Gasteiger partial charge in [0, 0.05) is 28.2 Å². The third kappa shape index (κ3) is 2.57. The maximum absolute atomic E-state index is 12.4. The largest absolute Gasteiger partial charge is 0.547 e. The second-order valence-electron chi connectivity index (χ2n) is 5.48. The van der Waals surface area contributed by atoms with Crippen LogP contribution in [0.2, 0.25) is 0 Å². The number of nitrogens with one attached hydrogen (secondary N) is 2. The minimum absolute atomic E-state index is 0.389. The molecule has 3 rings (SSSR count). The van der Waals surface area contributed by atoms with Gasteiger partial charge in [0.25, 0.3) is 5.91 Å². The average molecular weight is 307 g/mol. The second-order valence-corrected chi connectivity index (χ2v) is 5.48. The minimum atomic E-state index is -1.65. The summed E-state index contributed by atoms with van der Waals surface area (Å²) in [5.74, 6) is -1.84. The van der Waals surface area contributed by atoms with E-state index in [1.807, 2.05) is 18.2 Å². The molecule has 0 aliphatic rings. The van der Waals surface area contributed by atoms with Crippen LogP contribution in [0, 0.1) is 0 Å². The van der Waals surface area contributed by atoms with Gasteiger partial charge < -0.3 is 20.2 Å². The van der Waals surface area contributed by atoms with Crippen LogP contribution >= 0.6 is 0 Å². The van der Waals surface area contributed by atoms with Gasteiger partial charge in [0.2, 0.25) is 0 Å². The predicted octanol–water partition coefficient (Wildman–Crippen LogP) is 1.56. The first-order valence-corrected chi connectivity index (χ1v) is 7.18. The Hall–Kier alpha value is -3.08. The van der Waals surface area contributed by atoms with Crippen molar-refractivity contribution >= 4 is 22.8 Å². The molecule has 0 saturated carbocycles. The number of carboxylic acids is 1. The molecule has 0 radical (unpaired) electrons. The van der Waals surface area contributed by atoms with Crippen molar-refractivity contribution in [1.82, 2.24) is 10.3 Å². The lowest BCUT2D eigenvalue weighted by Crippen LogP contribution is -2.55. The highest BCUT2D eigenvalue weighted by Gasteiger charge is 2.33. The van der Waals surface area contributed by atoms with Gasteiger partial charge in [-0.05, 0) is 25.1 Å². The van der Waals surface area contributed by atoms with Gasteiger partial charge in [0.05, 0.1) is 5.97 Å². The third-order valence-electron chi connectivity index (χ3n) is 3.94. The fourth-order valence-electron chi connectivity index (χ4n) is 2.60. The lowest BCUT2D eigenvalue weighted by Gasteiger charge is -2.32. The lowest BCUT2D eigenvalue weighted by atomic mass is 9.91. The van der Waals surface area contributed by atoms with Crippen molar-refractivity contribution in [3.8, 4) is 0 Å². The fourth-order valence-corrected chi connectivity index (χ4v) is 2.60. The van der Waals surface area contributed by atoms with E-state index in [0.29, 0.717) is 11.1 Å². The lowest BCUT2D eigenvalue weighted by molar-refractivity contribution is -0.314. The normalized spacial score (nSPS) is 13.4. The highest BCUT2D eigenvalue weighted by Crippen LogP contribution is 2.28. The number of hydrogen-bond donors (Lipinski definition) is 2. The summed E-state index contributed by atoms with van der Waals surface area (Å²) in [5.41, 5.74) is -0.00636. The van der Waals surface area contributed by atoms with E-state index < -0.39 is 17.4 Å². The van der Waals surface area contributed by atoms with E-state index in [2.05, 4.69) is 10.3 Å². The highest BCUT2D eigenvalue weighted by atomic mass is 16.4. The number of carbonyl (C=O) groups is 2. The van der Waals surface area contributed by atoms with Crippen LogP contribution in [0.3, 0.4) is 0 Å². The fraction of sp³-hybridized carbons (Fsp3) is 0.111. The first-order valence-electron chi connectivity index (χ1n) is 7.18. The number of aliphatic carboxylic acids is 1. The van der Waals surface area contributed by atoms with Gasteiger partial charge in [-0.1, -0.05) is 36.4 Å². The summed E-state index contributed by atoms with van der Waals surface area (Å²) < 4.78 is 0. The Labute approximate surface area is 133 Å². The molecule has 116 valence electrons. The molecule has 5 nitrogen and oxygen atoms in total. The monoisotopic (exact) mass is 307 g/mol. The van der Waals surface area contributed by atoms with Crippen LogP contribution < -0.4 is 10.4 Å². The first kappa shape index (κ1) is 14.8. The summed E-state index contributed by atoms with van der Waals surface area (Å²) in [6.07, 6.45) is 1.59. The van der Waals surface area contributed by atoms with E-state index in [-0.39, 0.29) is 0 Å². The number of aromatic amines is 1. The number of amides is 1. The molecule has 0 saturated heterocycles. The number of hydrogen-bond acceptors (Lipinski definition) is 3. The molecule has 3 aromatic rings. The Bertz CT molecular complexity index is 870. The van der Waals surface area contributed by atoms with Crippen LogP contribution in [-0.2, 0) is 10.3 Å². The van der Waals surface area contributed by atoms with Gasteiger partial charge in [-0.3, -0.25) is 4.79 Å². The number of aromatic nitrogens is 1. The number of benzene rings is 2. The number of rotatable bonds is 4. The molecule has 23 heavy (non-hydrogen) atoms. The summed E-state index contributed by atoms with van der Waals surface area (Å²) in [7, 11) is 0. The SMILES string of the molecule is CC(NC(=O)c1ccccc1)(C(=O)[O-])c1c[nH]c2ccccc12. The molecule has 1 amide bonds.